The van der Waals surface area contributed by atoms with Crippen LogP contribution < -0.4 is 0 Å². The third-order valence-electron chi connectivity index (χ3n) is 2.56. The zero-order chi connectivity index (χ0) is 12.5. The summed E-state index contributed by atoms with van der Waals surface area (Å²) >= 11 is 0. The topological polar surface area (TPSA) is 39.2 Å². The second kappa shape index (κ2) is 4.32. The molecule has 17 heavy (non-hydrogen) atoms. The van der Waals surface area contributed by atoms with Gasteiger partial charge in [0.2, 0.25) is 0 Å². The summed E-state index contributed by atoms with van der Waals surface area (Å²) in [5, 5.41) is 0. The molecule has 0 fully saturated rings. The van der Waals surface area contributed by atoms with Crippen molar-refractivity contribution in [1.82, 2.24) is 4.98 Å². The lowest BCUT2D eigenvalue weighted by molar-refractivity contribution is -0.158. The Kier molecular flexibility index (Phi) is 3.01. The summed E-state index contributed by atoms with van der Waals surface area (Å²) in [5.41, 5.74) is 1.62. The van der Waals surface area contributed by atoms with Crippen LogP contribution in [0.4, 0.5) is 0 Å². The van der Waals surface area contributed by atoms with E-state index in [0.717, 1.165) is 11.3 Å². The molecular weight excluding hydrogens is 214 g/mol. The Labute approximate surface area is 102 Å². The number of hydrogen-bond donors (Lipinski definition) is 0. The molecule has 0 spiro atoms. The summed E-state index contributed by atoms with van der Waals surface area (Å²) in [6, 6.07) is 3.90. The number of carbonyl (C=O) groups is 1. The number of esters is 1. The molecule has 0 saturated carbocycles. The zero-order valence-electron chi connectivity index (χ0n) is 10.4. The highest BCUT2D eigenvalue weighted by atomic mass is 16.6. The van der Waals surface area contributed by atoms with Gasteiger partial charge >= 0.3 is 5.97 Å². The highest BCUT2D eigenvalue weighted by Crippen LogP contribution is 2.23. The summed E-state index contributed by atoms with van der Waals surface area (Å²) in [7, 11) is 0. The fourth-order valence-corrected chi connectivity index (χ4v) is 1.81. The van der Waals surface area contributed by atoms with Crippen LogP contribution in [0.2, 0.25) is 0 Å². The van der Waals surface area contributed by atoms with Gasteiger partial charge in [-0.3, -0.25) is 9.78 Å². The molecule has 90 valence electrons. The monoisotopic (exact) mass is 231 g/mol. The van der Waals surface area contributed by atoms with Crippen LogP contribution in [0.5, 0.6) is 0 Å². The van der Waals surface area contributed by atoms with Gasteiger partial charge in [-0.05, 0) is 32.4 Å². The molecule has 1 aliphatic rings. The molecule has 0 N–H and O–H groups in total. The van der Waals surface area contributed by atoms with Gasteiger partial charge in [0.15, 0.2) is 0 Å². The molecule has 1 heterocycles. The van der Waals surface area contributed by atoms with Crippen LogP contribution in [0.15, 0.2) is 24.4 Å². The fourth-order valence-electron chi connectivity index (χ4n) is 1.81. The maximum absolute atomic E-state index is 11.9. The third-order valence-corrected chi connectivity index (χ3v) is 2.56. The quantitative estimate of drug-likeness (QED) is 0.697. The number of fused-ring (bicyclic) bond motifs is 1. The molecule has 0 radical (unpaired) electrons. The predicted octanol–water partition coefficient (Wildman–Crippen LogP) is 2.61. The molecule has 1 atom stereocenters. The maximum Gasteiger partial charge on any atom is 0.313 e. The van der Waals surface area contributed by atoms with E-state index in [1.165, 1.54) is 0 Å². The van der Waals surface area contributed by atoms with Crippen molar-refractivity contribution >= 4 is 12.0 Å². The first-order chi connectivity index (χ1) is 7.96. The first kappa shape index (κ1) is 11.8. The van der Waals surface area contributed by atoms with Crippen LogP contribution in [-0.4, -0.2) is 16.6 Å². The van der Waals surface area contributed by atoms with E-state index in [2.05, 4.69) is 4.98 Å². The van der Waals surface area contributed by atoms with Crippen molar-refractivity contribution in [3.63, 3.8) is 0 Å². The van der Waals surface area contributed by atoms with Crippen LogP contribution in [0.3, 0.4) is 0 Å². The van der Waals surface area contributed by atoms with Crippen molar-refractivity contribution in [2.75, 3.05) is 0 Å². The normalized spacial score (nSPS) is 18.6. The second-order valence-corrected chi connectivity index (χ2v) is 5.24. The van der Waals surface area contributed by atoms with Gasteiger partial charge in [0.05, 0.1) is 5.92 Å². The van der Waals surface area contributed by atoms with Gasteiger partial charge in [0, 0.05) is 18.3 Å². The van der Waals surface area contributed by atoms with Crippen molar-refractivity contribution in [2.24, 2.45) is 5.92 Å². The molecule has 3 nitrogen and oxygen atoms in total. The maximum atomic E-state index is 11.9. The zero-order valence-corrected chi connectivity index (χ0v) is 10.4. The van der Waals surface area contributed by atoms with Crippen LogP contribution >= 0.6 is 0 Å². The average Bonchev–Trinajstić information content (AvgIpc) is 2.26. The number of nitrogens with zero attached hydrogens (tertiary/aromatic N) is 1. The fraction of sp³-hybridized carbons (Fsp3) is 0.429. The van der Waals surface area contributed by atoms with E-state index < -0.39 is 5.60 Å². The molecule has 3 heteroatoms. The van der Waals surface area contributed by atoms with Gasteiger partial charge < -0.3 is 4.74 Å². The summed E-state index contributed by atoms with van der Waals surface area (Å²) in [4.78, 5) is 16.2. The van der Waals surface area contributed by atoms with E-state index in [9.17, 15) is 4.79 Å². The lowest BCUT2D eigenvalue weighted by Gasteiger charge is -2.24. The number of hydrogen-bond acceptors (Lipinski definition) is 3. The van der Waals surface area contributed by atoms with Gasteiger partial charge in [-0.15, -0.1) is 0 Å². The Morgan fingerprint density at radius 1 is 1.47 bits per heavy atom. The number of aromatic nitrogens is 1. The van der Waals surface area contributed by atoms with Gasteiger partial charge in [-0.25, -0.2) is 0 Å². The van der Waals surface area contributed by atoms with E-state index in [1.54, 1.807) is 6.20 Å². The van der Waals surface area contributed by atoms with Crippen molar-refractivity contribution in [1.29, 1.82) is 0 Å². The lowest BCUT2D eigenvalue weighted by Crippen LogP contribution is -2.29. The summed E-state index contributed by atoms with van der Waals surface area (Å²) in [5.74, 6) is -0.387. The standard InChI is InChI=1S/C14H17NO2/c1-14(2,3)17-13(16)11-7-6-10-5-4-8-15-12(10)9-11/h4-8,11H,9H2,1-3H3. The largest absolute Gasteiger partial charge is 0.460 e. The molecule has 0 saturated heterocycles. The van der Waals surface area contributed by atoms with Crippen LogP contribution in [0.25, 0.3) is 6.08 Å². The first-order valence-corrected chi connectivity index (χ1v) is 5.81. The minimum atomic E-state index is -0.435. The van der Waals surface area contributed by atoms with E-state index in [0.29, 0.717) is 6.42 Å². The van der Waals surface area contributed by atoms with Gasteiger partial charge in [-0.1, -0.05) is 18.2 Å². The molecule has 0 aromatic carbocycles. The smallest absolute Gasteiger partial charge is 0.313 e. The van der Waals surface area contributed by atoms with Crippen LogP contribution in [-0.2, 0) is 16.0 Å². The Hall–Kier alpha value is -1.64. The molecule has 0 amide bonds. The Morgan fingerprint density at radius 3 is 2.94 bits per heavy atom. The molecule has 1 aromatic rings. The van der Waals surface area contributed by atoms with E-state index in [1.807, 2.05) is 45.1 Å². The molecule has 1 unspecified atom stereocenters. The van der Waals surface area contributed by atoms with E-state index in [-0.39, 0.29) is 11.9 Å². The van der Waals surface area contributed by atoms with Crippen molar-refractivity contribution in [3.8, 4) is 0 Å². The van der Waals surface area contributed by atoms with Gasteiger partial charge in [-0.2, -0.15) is 0 Å². The SMILES string of the molecule is CC(C)(C)OC(=O)C1C=Cc2cccnc2C1. The van der Waals surface area contributed by atoms with Crippen molar-refractivity contribution in [2.45, 2.75) is 32.8 Å². The summed E-state index contributed by atoms with van der Waals surface area (Å²) in [6.45, 7) is 5.64. The minimum Gasteiger partial charge on any atom is -0.460 e. The van der Waals surface area contributed by atoms with Crippen molar-refractivity contribution in [3.05, 3.63) is 35.7 Å². The van der Waals surface area contributed by atoms with Crippen LogP contribution in [0.1, 0.15) is 32.0 Å². The van der Waals surface area contributed by atoms with E-state index in [4.69, 9.17) is 4.74 Å². The molecule has 2 rings (SSSR count). The van der Waals surface area contributed by atoms with Gasteiger partial charge in [0.1, 0.15) is 5.60 Å². The minimum absolute atomic E-state index is 0.176. The second-order valence-electron chi connectivity index (χ2n) is 5.24. The number of pyridine rings is 1. The Balaban J connectivity index is 2.11. The Bertz CT molecular complexity index is 458. The Morgan fingerprint density at radius 2 is 2.24 bits per heavy atom. The molecule has 0 bridgehead atoms. The average molecular weight is 231 g/mol. The van der Waals surface area contributed by atoms with E-state index >= 15 is 0 Å². The molecule has 1 aliphatic carbocycles. The first-order valence-electron chi connectivity index (χ1n) is 5.81. The van der Waals surface area contributed by atoms with Gasteiger partial charge in [0.25, 0.3) is 0 Å². The highest BCUT2D eigenvalue weighted by molar-refractivity contribution is 5.78. The molecular formula is C14H17NO2. The molecule has 0 aliphatic heterocycles. The number of carbonyl (C=O) groups excluding carboxylic acids is 1. The highest BCUT2D eigenvalue weighted by Gasteiger charge is 2.26. The third kappa shape index (κ3) is 2.93. The lowest BCUT2D eigenvalue weighted by atomic mass is 9.93. The summed E-state index contributed by atoms with van der Waals surface area (Å²) < 4.78 is 5.37. The summed E-state index contributed by atoms with van der Waals surface area (Å²) in [6.07, 6.45) is 6.23. The number of rotatable bonds is 1. The predicted molar refractivity (Wildman–Crippen MR) is 66.3 cm³/mol. The van der Waals surface area contributed by atoms with Crippen molar-refractivity contribution < 1.29 is 9.53 Å². The number of ether oxygens (including phenoxy) is 1. The molecule has 1 aromatic heterocycles. The van der Waals surface area contributed by atoms with Crippen LogP contribution in [0, 0.1) is 5.92 Å².